The molecule has 4 nitrogen and oxygen atoms in total. The summed E-state index contributed by atoms with van der Waals surface area (Å²) in [6.07, 6.45) is 2.04. The van der Waals surface area contributed by atoms with Crippen molar-refractivity contribution in [3.63, 3.8) is 0 Å². The standard InChI is InChI=1S/C26H25FN2O2S/c1-17-6-11-22-23(15-28-14-18-7-9-21(32-2)10-8-18)25(26(30)31)29(24(22)12-17)16-19-4-3-5-20(27)13-19/h3-13,28H,14-16H2,1-2H3,(H,30,31). The Morgan fingerprint density at radius 1 is 1.03 bits per heavy atom. The topological polar surface area (TPSA) is 54.3 Å². The van der Waals surface area contributed by atoms with E-state index in [1.54, 1.807) is 22.4 Å². The Bertz CT molecular complexity index is 1270. The molecule has 4 rings (SSSR count). The van der Waals surface area contributed by atoms with Crippen molar-refractivity contribution in [3.05, 3.63) is 100 Å². The quantitative estimate of drug-likeness (QED) is 0.332. The van der Waals surface area contributed by atoms with Crippen LogP contribution in [-0.4, -0.2) is 21.9 Å². The summed E-state index contributed by atoms with van der Waals surface area (Å²) < 4.78 is 15.5. The molecule has 0 amide bonds. The molecule has 0 aliphatic heterocycles. The van der Waals surface area contributed by atoms with E-state index in [0.29, 0.717) is 13.1 Å². The Hall–Kier alpha value is -3.09. The second-order valence-electron chi connectivity index (χ2n) is 7.82. The fraction of sp³-hybridized carbons (Fsp3) is 0.192. The number of rotatable bonds is 8. The molecule has 0 aliphatic rings. The first-order chi connectivity index (χ1) is 15.5. The molecule has 0 saturated carbocycles. The first kappa shape index (κ1) is 22.1. The number of aryl methyl sites for hydroxylation is 1. The van der Waals surface area contributed by atoms with Crippen LogP contribution in [0, 0.1) is 12.7 Å². The highest BCUT2D eigenvalue weighted by atomic mass is 32.2. The summed E-state index contributed by atoms with van der Waals surface area (Å²) in [4.78, 5) is 13.5. The highest BCUT2D eigenvalue weighted by Gasteiger charge is 2.22. The molecule has 0 radical (unpaired) electrons. The van der Waals surface area contributed by atoms with Crippen LogP contribution in [-0.2, 0) is 19.6 Å². The van der Waals surface area contributed by atoms with Crippen molar-refractivity contribution in [2.24, 2.45) is 0 Å². The van der Waals surface area contributed by atoms with Gasteiger partial charge in [-0.15, -0.1) is 11.8 Å². The molecule has 1 heterocycles. The van der Waals surface area contributed by atoms with Crippen molar-refractivity contribution >= 4 is 28.6 Å². The van der Waals surface area contributed by atoms with Gasteiger partial charge in [-0.3, -0.25) is 0 Å². The van der Waals surface area contributed by atoms with Gasteiger partial charge in [-0.2, -0.15) is 0 Å². The van der Waals surface area contributed by atoms with E-state index in [2.05, 4.69) is 29.6 Å². The zero-order chi connectivity index (χ0) is 22.7. The number of hydrogen-bond acceptors (Lipinski definition) is 3. The Kier molecular flexibility index (Phi) is 6.63. The Morgan fingerprint density at radius 2 is 1.81 bits per heavy atom. The number of carboxylic acids is 1. The molecule has 0 saturated heterocycles. The SMILES string of the molecule is CSc1ccc(CNCc2c(C(=O)O)n(Cc3cccc(F)c3)c3cc(C)ccc23)cc1. The summed E-state index contributed by atoms with van der Waals surface area (Å²) in [5, 5.41) is 14.4. The number of carbonyl (C=O) groups is 1. The minimum Gasteiger partial charge on any atom is -0.477 e. The molecule has 6 heteroatoms. The van der Waals surface area contributed by atoms with E-state index in [4.69, 9.17) is 0 Å². The highest BCUT2D eigenvalue weighted by molar-refractivity contribution is 7.98. The molecular weight excluding hydrogens is 423 g/mol. The summed E-state index contributed by atoms with van der Waals surface area (Å²) in [5.74, 6) is -1.32. The van der Waals surface area contributed by atoms with Gasteiger partial charge in [0, 0.05) is 41.0 Å². The molecule has 4 aromatic rings. The summed E-state index contributed by atoms with van der Waals surface area (Å²) in [7, 11) is 0. The second kappa shape index (κ2) is 9.59. The van der Waals surface area contributed by atoms with Gasteiger partial charge in [0.1, 0.15) is 11.5 Å². The first-order valence-corrected chi connectivity index (χ1v) is 11.6. The lowest BCUT2D eigenvalue weighted by atomic mass is 10.1. The molecule has 0 fully saturated rings. The van der Waals surface area contributed by atoms with Gasteiger partial charge >= 0.3 is 5.97 Å². The minimum atomic E-state index is -0.989. The van der Waals surface area contributed by atoms with Crippen LogP contribution in [0.25, 0.3) is 10.9 Å². The van der Waals surface area contributed by atoms with Crippen LogP contribution >= 0.6 is 11.8 Å². The number of hydrogen-bond donors (Lipinski definition) is 2. The lowest BCUT2D eigenvalue weighted by Crippen LogP contribution is -2.17. The van der Waals surface area contributed by atoms with E-state index in [1.165, 1.54) is 17.0 Å². The van der Waals surface area contributed by atoms with Crippen molar-refractivity contribution in [2.75, 3.05) is 6.26 Å². The predicted molar refractivity (Wildman–Crippen MR) is 128 cm³/mol. The molecule has 0 spiro atoms. The van der Waals surface area contributed by atoms with E-state index in [-0.39, 0.29) is 18.1 Å². The number of fused-ring (bicyclic) bond motifs is 1. The van der Waals surface area contributed by atoms with Crippen molar-refractivity contribution < 1.29 is 14.3 Å². The number of aromatic nitrogens is 1. The summed E-state index contributed by atoms with van der Waals surface area (Å²) in [6, 6.07) is 20.6. The normalized spacial score (nSPS) is 11.2. The van der Waals surface area contributed by atoms with Gasteiger partial charge in [0.2, 0.25) is 0 Å². The van der Waals surface area contributed by atoms with E-state index < -0.39 is 5.97 Å². The third-order valence-electron chi connectivity index (χ3n) is 5.55. The van der Waals surface area contributed by atoms with Crippen LogP contribution in [0.2, 0.25) is 0 Å². The smallest absolute Gasteiger partial charge is 0.352 e. The second-order valence-corrected chi connectivity index (χ2v) is 8.70. The molecule has 2 N–H and O–H groups in total. The Morgan fingerprint density at radius 3 is 2.50 bits per heavy atom. The monoisotopic (exact) mass is 448 g/mol. The number of carboxylic acid groups (broad SMARTS) is 1. The Balaban J connectivity index is 1.69. The third kappa shape index (κ3) is 4.71. The average Bonchev–Trinajstić information content (AvgIpc) is 3.07. The summed E-state index contributed by atoms with van der Waals surface area (Å²) in [6.45, 7) is 3.32. The molecule has 0 bridgehead atoms. The number of nitrogens with one attached hydrogen (secondary N) is 1. The maximum absolute atomic E-state index is 13.8. The van der Waals surface area contributed by atoms with E-state index in [1.807, 2.05) is 37.4 Å². The van der Waals surface area contributed by atoms with E-state index in [9.17, 15) is 14.3 Å². The lowest BCUT2D eigenvalue weighted by molar-refractivity contribution is 0.0684. The van der Waals surface area contributed by atoms with Crippen molar-refractivity contribution in [1.29, 1.82) is 0 Å². The maximum Gasteiger partial charge on any atom is 0.352 e. The van der Waals surface area contributed by atoms with Gasteiger partial charge in [-0.25, -0.2) is 9.18 Å². The molecule has 164 valence electrons. The van der Waals surface area contributed by atoms with Crippen molar-refractivity contribution in [1.82, 2.24) is 9.88 Å². The van der Waals surface area contributed by atoms with Crippen LogP contribution in [0.5, 0.6) is 0 Å². The van der Waals surface area contributed by atoms with Crippen LogP contribution < -0.4 is 5.32 Å². The van der Waals surface area contributed by atoms with Crippen LogP contribution in [0.1, 0.15) is 32.7 Å². The maximum atomic E-state index is 13.8. The van der Waals surface area contributed by atoms with Crippen LogP contribution in [0.15, 0.2) is 71.6 Å². The minimum absolute atomic E-state index is 0.236. The molecule has 32 heavy (non-hydrogen) atoms. The van der Waals surface area contributed by atoms with E-state index >= 15 is 0 Å². The van der Waals surface area contributed by atoms with Crippen molar-refractivity contribution in [2.45, 2.75) is 31.5 Å². The summed E-state index contributed by atoms with van der Waals surface area (Å²) in [5.41, 5.74) is 4.72. The van der Waals surface area contributed by atoms with Gasteiger partial charge in [0.25, 0.3) is 0 Å². The van der Waals surface area contributed by atoms with Crippen molar-refractivity contribution in [3.8, 4) is 0 Å². The van der Waals surface area contributed by atoms with Gasteiger partial charge in [-0.05, 0) is 60.2 Å². The number of nitrogens with zero attached hydrogens (tertiary/aromatic N) is 1. The largest absolute Gasteiger partial charge is 0.477 e. The molecule has 0 unspecified atom stereocenters. The van der Waals surface area contributed by atoms with Crippen LogP contribution in [0.3, 0.4) is 0 Å². The number of halogens is 1. The molecule has 0 aliphatic carbocycles. The summed E-state index contributed by atoms with van der Waals surface area (Å²) >= 11 is 1.70. The van der Waals surface area contributed by atoms with Gasteiger partial charge in [0.15, 0.2) is 0 Å². The lowest BCUT2D eigenvalue weighted by Gasteiger charge is -2.10. The fourth-order valence-corrected chi connectivity index (χ4v) is 4.42. The molecule has 1 aromatic heterocycles. The van der Waals surface area contributed by atoms with Gasteiger partial charge < -0.3 is 15.0 Å². The van der Waals surface area contributed by atoms with Crippen LogP contribution in [0.4, 0.5) is 4.39 Å². The van der Waals surface area contributed by atoms with Gasteiger partial charge in [-0.1, -0.05) is 36.4 Å². The Labute approximate surface area is 191 Å². The number of benzene rings is 3. The number of aromatic carboxylic acids is 1. The highest BCUT2D eigenvalue weighted by Crippen LogP contribution is 2.29. The molecule has 0 atom stereocenters. The van der Waals surface area contributed by atoms with Gasteiger partial charge in [0.05, 0.1) is 0 Å². The fourth-order valence-electron chi connectivity index (χ4n) is 4.01. The first-order valence-electron chi connectivity index (χ1n) is 10.4. The third-order valence-corrected chi connectivity index (χ3v) is 6.29. The average molecular weight is 449 g/mol. The predicted octanol–water partition coefficient (Wildman–Crippen LogP) is 5.85. The number of thioether (sulfide) groups is 1. The zero-order valence-corrected chi connectivity index (χ0v) is 18.9. The van der Waals surface area contributed by atoms with E-state index in [0.717, 1.165) is 33.2 Å². The molecule has 3 aromatic carbocycles. The zero-order valence-electron chi connectivity index (χ0n) is 18.1. The molecular formula is C26H25FN2O2S.